The quantitative estimate of drug-likeness (QED) is 0.297. The van der Waals surface area contributed by atoms with E-state index < -0.39 is 16.5 Å². The van der Waals surface area contributed by atoms with Crippen LogP contribution in [0.3, 0.4) is 0 Å². The molecule has 0 bridgehead atoms. The van der Waals surface area contributed by atoms with Crippen LogP contribution in [0.4, 0.5) is 5.69 Å². The summed E-state index contributed by atoms with van der Waals surface area (Å²) in [6.45, 7) is 1.79. The van der Waals surface area contributed by atoms with E-state index in [0.29, 0.717) is 16.9 Å². The lowest BCUT2D eigenvalue weighted by Crippen LogP contribution is -2.16. The summed E-state index contributed by atoms with van der Waals surface area (Å²) in [5, 5.41) is 11.2. The number of non-ortho nitro benzene ring substituents is 1. The lowest BCUT2D eigenvalue weighted by atomic mass is 10.2. The first-order valence-electron chi connectivity index (χ1n) is 7.65. The highest BCUT2D eigenvalue weighted by atomic mass is 16.6. The molecule has 0 spiro atoms. The molecule has 0 aliphatic carbocycles. The van der Waals surface area contributed by atoms with E-state index in [1.54, 1.807) is 19.1 Å². The highest BCUT2D eigenvalue weighted by Gasteiger charge is 2.15. The van der Waals surface area contributed by atoms with Crippen molar-refractivity contribution in [2.45, 2.75) is 6.92 Å². The van der Waals surface area contributed by atoms with Crippen molar-refractivity contribution in [3.8, 4) is 11.5 Å². The zero-order chi connectivity index (χ0) is 18.7. The van der Waals surface area contributed by atoms with E-state index >= 15 is 0 Å². The van der Waals surface area contributed by atoms with Gasteiger partial charge in [-0.25, -0.2) is 9.59 Å². The Bertz CT molecular complexity index is 1040. The highest BCUT2D eigenvalue weighted by molar-refractivity contribution is 5.93. The van der Waals surface area contributed by atoms with Crippen molar-refractivity contribution < 1.29 is 23.6 Å². The molecule has 132 valence electrons. The predicted octanol–water partition coefficient (Wildman–Crippen LogP) is 3.67. The Hall–Kier alpha value is -3.68. The summed E-state index contributed by atoms with van der Waals surface area (Å²) < 4.78 is 15.6. The van der Waals surface area contributed by atoms with E-state index in [-0.39, 0.29) is 23.4 Å². The Morgan fingerprint density at radius 3 is 2.46 bits per heavy atom. The average Bonchev–Trinajstić information content (AvgIpc) is 2.61. The number of fused-ring (bicyclic) bond motifs is 1. The van der Waals surface area contributed by atoms with Crippen molar-refractivity contribution in [2.75, 3.05) is 6.61 Å². The molecule has 3 aromatic rings. The maximum absolute atomic E-state index is 11.9. The van der Waals surface area contributed by atoms with Crippen molar-refractivity contribution in [3.05, 3.63) is 74.6 Å². The molecule has 0 unspecified atom stereocenters. The second kappa shape index (κ2) is 7.06. The van der Waals surface area contributed by atoms with Crippen LogP contribution in [0.15, 0.2) is 57.7 Å². The molecule has 0 saturated carbocycles. The fourth-order valence-electron chi connectivity index (χ4n) is 2.28. The molecule has 0 amide bonds. The molecular weight excluding hydrogens is 342 g/mol. The fourth-order valence-corrected chi connectivity index (χ4v) is 2.28. The molecule has 0 radical (unpaired) electrons. The van der Waals surface area contributed by atoms with Gasteiger partial charge in [-0.1, -0.05) is 0 Å². The van der Waals surface area contributed by atoms with Gasteiger partial charge in [0.15, 0.2) is 0 Å². The minimum atomic E-state index is -0.802. The zero-order valence-corrected chi connectivity index (χ0v) is 13.6. The molecular formula is C18H13NO7. The molecule has 2 aromatic carbocycles. The summed E-state index contributed by atoms with van der Waals surface area (Å²) in [4.78, 5) is 33.8. The number of hydrogen-bond donors (Lipinski definition) is 0. The monoisotopic (exact) mass is 355 g/mol. The normalized spacial score (nSPS) is 10.5. The maximum atomic E-state index is 11.9. The Morgan fingerprint density at radius 1 is 1.12 bits per heavy atom. The van der Waals surface area contributed by atoms with Crippen LogP contribution in [-0.4, -0.2) is 17.5 Å². The Morgan fingerprint density at radius 2 is 1.81 bits per heavy atom. The molecule has 1 heterocycles. The van der Waals surface area contributed by atoms with Gasteiger partial charge < -0.3 is 13.9 Å². The summed E-state index contributed by atoms with van der Waals surface area (Å²) in [6.07, 6.45) is 0. The smallest absolute Gasteiger partial charge is 0.351 e. The van der Waals surface area contributed by atoms with E-state index in [9.17, 15) is 19.7 Å². The van der Waals surface area contributed by atoms with Crippen LogP contribution in [0.25, 0.3) is 11.0 Å². The molecule has 0 aliphatic heterocycles. The zero-order valence-electron chi connectivity index (χ0n) is 13.6. The van der Waals surface area contributed by atoms with Gasteiger partial charge in [0.2, 0.25) is 0 Å². The van der Waals surface area contributed by atoms with Gasteiger partial charge in [-0.15, -0.1) is 0 Å². The van der Waals surface area contributed by atoms with Gasteiger partial charge in [-0.2, -0.15) is 0 Å². The predicted molar refractivity (Wildman–Crippen MR) is 91.6 cm³/mol. The highest BCUT2D eigenvalue weighted by Crippen LogP contribution is 2.27. The first-order valence-corrected chi connectivity index (χ1v) is 7.65. The molecule has 0 atom stereocenters. The number of esters is 1. The number of nitro benzene ring substituents is 1. The lowest BCUT2D eigenvalue weighted by molar-refractivity contribution is -0.384. The van der Waals surface area contributed by atoms with E-state index in [0.717, 1.165) is 0 Å². The molecule has 1 aromatic heterocycles. The molecule has 0 aliphatic rings. The van der Waals surface area contributed by atoms with Gasteiger partial charge >= 0.3 is 11.6 Å². The number of rotatable bonds is 5. The van der Waals surface area contributed by atoms with E-state index in [1.807, 2.05) is 0 Å². The summed E-state index contributed by atoms with van der Waals surface area (Å²) in [5.74, 6) is 0.0215. The third-order valence-electron chi connectivity index (χ3n) is 3.49. The Labute approximate surface area is 146 Å². The van der Waals surface area contributed by atoms with Gasteiger partial charge in [0.25, 0.3) is 5.69 Å². The molecule has 0 saturated heterocycles. The van der Waals surface area contributed by atoms with Gasteiger partial charge in [-0.05, 0) is 37.3 Å². The fraction of sp³-hybridized carbons (Fsp3) is 0.111. The van der Waals surface area contributed by atoms with Crippen molar-refractivity contribution >= 4 is 22.6 Å². The van der Waals surface area contributed by atoms with E-state index in [4.69, 9.17) is 13.9 Å². The SMILES string of the molecule is CCOC(=O)c1cc2ccc(Oc3ccc([N+](=O)[O-])cc3)cc2oc1=O. The molecule has 0 fully saturated rings. The number of hydrogen-bond acceptors (Lipinski definition) is 7. The second-order valence-corrected chi connectivity index (χ2v) is 5.22. The van der Waals surface area contributed by atoms with Crippen LogP contribution < -0.4 is 10.4 Å². The average molecular weight is 355 g/mol. The van der Waals surface area contributed by atoms with Crippen LogP contribution >= 0.6 is 0 Å². The summed E-state index contributed by atoms with van der Waals surface area (Å²) >= 11 is 0. The summed E-state index contributed by atoms with van der Waals surface area (Å²) in [5.41, 5.74) is -0.789. The van der Waals surface area contributed by atoms with Crippen molar-refractivity contribution in [1.82, 2.24) is 0 Å². The van der Waals surface area contributed by atoms with Gasteiger partial charge in [0.1, 0.15) is 22.6 Å². The lowest BCUT2D eigenvalue weighted by Gasteiger charge is -2.07. The maximum Gasteiger partial charge on any atom is 0.351 e. The largest absolute Gasteiger partial charge is 0.462 e. The number of nitro groups is 1. The molecule has 8 nitrogen and oxygen atoms in total. The third kappa shape index (κ3) is 3.54. The number of carbonyl (C=O) groups excluding carboxylic acids is 1. The molecule has 3 rings (SSSR count). The molecule has 0 N–H and O–H groups in total. The van der Waals surface area contributed by atoms with Crippen LogP contribution in [0, 0.1) is 10.1 Å². The van der Waals surface area contributed by atoms with Crippen molar-refractivity contribution in [3.63, 3.8) is 0 Å². The number of nitrogens with zero attached hydrogens (tertiary/aromatic N) is 1. The number of carbonyl (C=O) groups is 1. The Balaban J connectivity index is 1.89. The molecule has 26 heavy (non-hydrogen) atoms. The van der Waals surface area contributed by atoms with Gasteiger partial charge in [0.05, 0.1) is 11.5 Å². The topological polar surface area (TPSA) is 109 Å². The minimum absolute atomic E-state index is 0.0478. The van der Waals surface area contributed by atoms with E-state index in [2.05, 4.69) is 0 Å². The molecule has 8 heteroatoms. The third-order valence-corrected chi connectivity index (χ3v) is 3.49. The standard InChI is InChI=1S/C18H13NO7/c1-2-24-17(20)15-9-11-3-6-14(10-16(11)26-18(15)21)25-13-7-4-12(5-8-13)19(22)23/h3-10H,2H2,1H3. The summed E-state index contributed by atoms with van der Waals surface area (Å²) in [7, 11) is 0. The van der Waals surface area contributed by atoms with Crippen molar-refractivity contribution in [2.24, 2.45) is 0 Å². The van der Waals surface area contributed by atoms with Crippen LogP contribution in [0.2, 0.25) is 0 Å². The second-order valence-electron chi connectivity index (χ2n) is 5.22. The first kappa shape index (κ1) is 17.2. The minimum Gasteiger partial charge on any atom is -0.462 e. The van der Waals surface area contributed by atoms with E-state index in [1.165, 1.54) is 36.4 Å². The summed E-state index contributed by atoms with van der Waals surface area (Å²) in [6, 6.07) is 11.7. The van der Waals surface area contributed by atoms with Crippen LogP contribution in [0.1, 0.15) is 17.3 Å². The van der Waals surface area contributed by atoms with Gasteiger partial charge in [0, 0.05) is 23.6 Å². The van der Waals surface area contributed by atoms with Crippen LogP contribution in [-0.2, 0) is 4.74 Å². The Kier molecular flexibility index (Phi) is 4.66. The number of ether oxygens (including phenoxy) is 2. The van der Waals surface area contributed by atoms with Crippen molar-refractivity contribution in [1.29, 1.82) is 0 Å². The van der Waals surface area contributed by atoms with Crippen LogP contribution in [0.5, 0.6) is 11.5 Å². The van der Waals surface area contributed by atoms with Gasteiger partial charge in [-0.3, -0.25) is 10.1 Å². The first-order chi connectivity index (χ1) is 12.5. The number of benzene rings is 2.